The molecule has 1 saturated carbocycles. The topological polar surface area (TPSA) is 88.0 Å². The van der Waals surface area contributed by atoms with Crippen molar-refractivity contribution in [1.29, 1.82) is 5.26 Å². The van der Waals surface area contributed by atoms with E-state index in [0.717, 1.165) is 42.5 Å². The fourth-order valence-corrected chi connectivity index (χ4v) is 4.62. The fraction of sp³-hybridized carbons (Fsp3) is 0.364. The minimum absolute atomic E-state index is 0.0586. The number of rotatable bonds is 4. The van der Waals surface area contributed by atoms with Gasteiger partial charge < -0.3 is 9.42 Å². The van der Waals surface area contributed by atoms with Crippen LogP contribution in [0, 0.1) is 17.2 Å². The Labute approximate surface area is 168 Å². The first kappa shape index (κ1) is 17.7. The first-order chi connectivity index (χ1) is 14.1. The largest absolute Gasteiger partial charge is 0.350 e. The number of carbonyl (C=O) groups is 1. The molecular formula is C22H21N5O2. The molecule has 0 atom stereocenters. The summed E-state index contributed by atoms with van der Waals surface area (Å²) in [7, 11) is 1.89. The van der Waals surface area contributed by atoms with E-state index in [1.165, 1.54) is 0 Å². The molecule has 0 bridgehead atoms. The Hall–Kier alpha value is -3.40. The second kappa shape index (κ2) is 6.59. The minimum Gasteiger partial charge on any atom is -0.350 e. The third kappa shape index (κ3) is 2.92. The van der Waals surface area contributed by atoms with Crippen molar-refractivity contribution in [2.75, 3.05) is 6.54 Å². The van der Waals surface area contributed by atoms with Gasteiger partial charge in [-0.3, -0.25) is 9.48 Å². The van der Waals surface area contributed by atoms with Crippen molar-refractivity contribution in [2.45, 2.75) is 31.2 Å². The zero-order valence-corrected chi connectivity index (χ0v) is 16.2. The molecule has 0 radical (unpaired) electrons. The molecule has 1 amide bonds. The van der Waals surface area contributed by atoms with Crippen molar-refractivity contribution in [3.63, 3.8) is 0 Å². The van der Waals surface area contributed by atoms with E-state index < -0.39 is 0 Å². The molecule has 7 nitrogen and oxygen atoms in total. The summed E-state index contributed by atoms with van der Waals surface area (Å²) >= 11 is 0. The Balaban J connectivity index is 1.30. The van der Waals surface area contributed by atoms with E-state index in [4.69, 9.17) is 9.78 Å². The monoisotopic (exact) mass is 387 g/mol. The standard InChI is InChI=1S/C22H21N5O2/c1-26-14-18(13-24-26)16-2-4-17(5-3-16)19-10-20(29-25-19)21(28)27-9-7-22(27)11-15(12-22)6-8-23/h2-5,10,13-15H,6-7,9,11-12H2,1H3. The van der Waals surface area contributed by atoms with Gasteiger partial charge in [0.15, 0.2) is 0 Å². The van der Waals surface area contributed by atoms with Gasteiger partial charge in [0.1, 0.15) is 5.69 Å². The highest BCUT2D eigenvalue weighted by atomic mass is 16.5. The van der Waals surface area contributed by atoms with Crippen molar-refractivity contribution >= 4 is 5.91 Å². The van der Waals surface area contributed by atoms with Gasteiger partial charge in [-0.15, -0.1) is 0 Å². The lowest BCUT2D eigenvalue weighted by atomic mass is 9.60. The molecule has 2 fully saturated rings. The van der Waals surface area contributed by atoms with Crippen LogP contribution in [0.15, 0.2) is 47.2 Å². The number of nitriles is 1. The molecule has 5 rings (SSSR count). The summed E-state index contributed by atoms with van der Waals surface area (Å²) in [5.74, 6) is 0.593. The van der Waals surface area contributed by atoms with Crippen LogP contribution in [0.25, 0.3) is 22.4 Å². The average molecular weight is 387 g/mol. The van der Waals surface area contributed by atoms with Crippen molar-refractivity contribution in [3.05, 3.63) is 48.5 Å². The minimum atomic E-state index is -0.0996. The van der Waals surface area contributed by atoms with E-state index in [-0.39, 0.29) is 17.2 Å². The van der Waals surface area contributed by atoms with Crippen LogP contribution >= 0.6 is 0 Å². The molecule has 3 aromatic rings. The third-order valence-electron chi connectivity index (χ3n) is 6.28. The summed E-state index contributed by atoms with van der Waals surface area (Å²) in [6, 6.07) is 11.9. The number of nitrogens with zero attached hydrogens (tertiary/aromatic N) is 5. The summed E-state index contributed by atoms with van der Waals surface area (Å²) in [6.07, 6.45) is 7.22. The van der Waals surface area contributed by atoms with E-state index >= 15 is 0 Å². The van der Waals surface area contributed by atoms with Crippen LogP contribution in [-0.4, -0.2) is 37.8 Å². The van der Waals surface area contributed by atoms with E-state index in [2.05, 4.69) is 16.3 Å². The molecule has 2 aliphatic rings. The summed E-state index contributed by atoms with van der Waals surface area (Å²) in [4.78, 5) is 14.8. The van der Waals surface area contributed by atoms with E-state index in [1.54, 1.807) is 10.7 Å². The normalized spacial score (nSPS) is 22.8. The van der Waals surface area contributed by atoms with Crippen LogP contribution in [0.1, 0.15) is 36.2 Å². The molecule has 0 unspecified atom stereocenters. The lowest BCUT2D eigenvalue weighted by Crippen LogP contribution is -2.68. The molecule has 1 aliphatic heterocycles. The summed E-state index contributed by atoms with van der Waals surface area (Å²) in [5.41, 5.74) is 3.61. The maximum absolute atomic E-state index is 12.9. The van der Waals surface area contributed by atoms with Gasteiger partial charge in [0.05, 0.1) is 12.3 Å². The number of hydrogen-bond donors (Lipinski definition) is 0. The van der Waals surface area contributed by atoms with Crippen molar-refractivity contribution in [2.24, 2.45) is 13.0 Å². The first-order valence-electron chi connectivity index (χ1n) is 9.83. The average Bonchev–Trinajstić information content (AvgIpc) is 3.33. The van der Waals surface area contributed by atoms with Gasteiger partial charge in [-0.1, -0.05) is 29.4 Å². The number of amides is 1. The second-order valence-corrected chi connectivity index (χ2v) is 8.12. The van der Waals surface area contributed by atoms with Gasteiger partial charge in [0.2, 0.25) is 5.76 Å². The van der Waals surface area contributed by atoms with Gasteiger partial charge in [-0.25, -0.2) is 0 Å². The molecule has 0 N–H and O–H groups in total. The lowest BCUT2D eigenvalue weighted by molar-refractivity contribution is -0.0795. The lowest BCUT2D eigenvalue weighted by Gasteiger charge is -2.61. The summed E-state index contributed by atoms with van der Waals surface area (Å²) in [6.45, 7) is 0.744. The molecule has 29 heavy (non-hydrogen) atoms. The van der Waals surface area contributed by atoms with Crippen LogP contribution in [0.5, 0.6) is 0 Å². The van der Waals surface area contributed by atoms with Crippen LogP contribution < -0.4 is 0 Å². The van der Waals surface area contributed by atoms with Gasteiger partial charge in [0.25, 0.3) is 5.91 Å². The quantitative estimate of drug-likeness (QED) is 0.682. The van der Waals surface area contributed by atoms with Gasteiger partial charge in [-0.2, -0.15) is 10.4 Å². The maximum Gasteiger partial charge on any atom is 0.292 e. The third-order valence-corrected chi connectivity index (χ3v) is 6.28. The molecule has 1 saturated heterocycles. The number of benzene rings is 1. The van der Waals surface area contributed by atoms with E-state index in [0.29, 0.717) is 18.0 Å². The number of aromatic nitrogens is 3. The van der Waals surface area contributed by atoms with Crippen LogP contribution in [0.2, 0.25) is 0 Å². The molecule has 146 valence electrons. The van der Waals surface area contributed by atoms with Gasteiger partial charge in [-0.05, 0) is 30.7 Å². The van der Waals surface area contributed by atoms with Crippen LogP contribution in [-0.2, 0) is 7.05 Å². The van der Waals surface area contributed by atoms with E-state index in [1.807, 2.05) is 48.6 Å². The number of likely N-dealkylation sites (tertiary alicyclic amines) is 1. The Morgan fingerprint density at radius 1 is 1.28 bits per heavy atom. The Kier molecular flexibility index (Phi) is 4.02. The van der Waals surface area contributed by atoms with Crippen LogP contribution in [0.4, 0.5) is 0 Å². The SMILES string of the molecule is Cn1cc(-c2ccc(-c3cc(C(=O)N4CCC45CC(CC#N)C5)on3)cc2)cn1. The highest BCUT2D eigenvalue weighted by molar-refractivity contribution is 5.93. The predicted molar refractivity (Wildman–Crippen MR) is 105 cm³/mol. The zero-order valence-electron chi connectivity index (χ0n) is 16.2. The highest BCUT2D eigenvalue weighted by Crippen LogP contribution is 2.52. The van der Waals surface area contributed by atoms with Gasteiger partial charge in [0, 0.05) is 48.9 Å². The molecule has 1 spiro atoms. The van der Waals surface area contributed by atoms with Crippen molar-refractivity contribution < 1.29 is 9.32 Å². The van der Waals surface area contributed by atoms with Crippen molar-refractivity contribution in [3.8, 4) is 28.5 Å². The Morgan fingerprint density at radius 3 is 2.66 bits per heavy atom. The number of carbonyl (C=O) groups excluding carboxylic acids is 1. The first-order valence-corrected chi connectivity index (χ1v) is 9.83. The second-order valence-electron chi connectivity index (χ2n) is 8.12. The molecule has 3 heterocycles. The number of hydrogen-bond acceptors (Lipinski definition) is 5. The van der Waals surface area contributed by atoms with E-state index in [9.17, 15) is 4.79 Å². The Morgan fingerprint density at radius 2 is 2.03 bits per heavy atom. The smallest absolute Gasteiger partial charge is 0.292 e. The predicted octanol–water partition coefficient (Wildman–Crippen LogP) is 3.65. The van der Waals surface area contributed by atoms with Crippen molar-refractivity contribution in [1.82, 2.24) is 19.8 Å². The maximum atomic E-state index is 12.9. The molecular weight excluding hydrogens is 366 g/mol. The molecule has 2 aromatic heterocycles. The highest BCUT2D eigenvalue weighted by Gasteiger charge is 2.56. The summed E-state index contributed by atoms with van der Waals surface area (Å²) < 4.78 is 7.16. The summed E-state index contributed by atoms with van der Waals surface area (Å²) in [5, 5.41) is 17.2. The van der Waals surface area contributed by atoms with Crippen LogP contribution in [0.3, 0.4) is 0 Å². The molecule has 1 aromatic carbocycles. The zero-order chi connectivity index (χ0) is 20.0. The fourth-order valence-electron chi connectivity index (χ4n) is 4.62. The Bertz CT molecular complexity index is 1100. The molecule has 1 aliphatic carbocycles. The molecule has 7 heteroatoms. The number of aryl methyl sites for hydroxylation is 1. The van der Waals surface area contributed by atoms with Gasteiger partial charge >= 0.3 is 0 Å².